The number of aromatic nitrogens is 2. The van der Waals surface area contributed by atoms with Gasteiger partial charge in [-0.1, -0.05) is 0 Å². The Morgan fingerprint density at radius 3 is 2.56 bits per heavy atom. The summed E-state index contributed by atoms with van der Waals surface area (Å²) >= 11 is 0. The van der Waals surface area contributed by atoms with Crippen LogP contribution in [-0.2, 0) is 0 Å². The molecule has 0 saturated carbocycles. The predicted octanol–water partition coefficient (Wildman–Crippen LogP) is 1.70. The second-order valence-corrected chi connectivity index (χ2v) is 5.01. The van der Waals surface area contributed by atoms with Crippen molar-refractivity contribution in [2.24, 2.45) is 5.73 Å². The number of rotatable bonds is 2. The largest absolute Gasteiger partial charge is 0.342 e. The second-order valence-electron chi connectivity index (χ2n) is 5.01. The van der Waals surface area contributed by atoms with Crippen LogP contribution in [0.25, 0.3) is 0 Å². The maximum atomic E-state index is 5.92. The highest BCUT2D eigenvalue weighted by molar-refractivity contribution is 5.34. The van der Waals surface area contributed by atoms with Crippen molar-refractivity contribution in [3.8, 4) is 0 Å². The van der Waals surface area contributed by atoms with Crippen LogP contribution in [0.2, 0.25) is 0 Å². The van der Waals surface area contributed by atoms with E-state index in [2.05, 4.69) is 41.4 Å². The zero-order valence-corrected chi connectivity index (χ0v) is 10.5. The Morgan fingerprint density at radius 2 is 2.00 bits per heavy atom. The molecule has 1 aromatic heterocycles. The minimum absolute atomic E-state index is 0.375. The Bertz CT molecular complexity index is 348. The van der Waals surface area contributed by atoms with Crippen molar-refractivity contribution in [1.82, 2.24) is 9.55 Å². The number of piperidine rings is 1. The molecule has 0 aliphatic carbocycles. The van der Waals surface area contributed by atoms with E-state index in [1.165, 1.54) is 0 Å². The van der Waals surface area contributed by atoms with Gasteiger partial charge >= 0.3 is 0 Å². The molecule has 16 heavy (non-hydrogen) atoms. The predicted molar refractivity (Wildman–Crippen MR) is 66.8 cm³/mol. The topological polar surface area (TPSA) is 47.1 Å². The summed E-state index contributed by atoms with van der Waals surface area (Å²) in [5.41, 5.74) is 7.02. The zero-order chi connectivity index (χ0) is 11.7. The van der Waals surface area contributed by atoms with Crippen LogP contribution in [0.4, 0.5) is 5.95 Å². The van der Waals surface area contributed by atoms with Gasteiger partial charge in [-0.05, 0) is 33.6 Å². The molecule has 1 aliphatic rings. The average molecular weight is 222 g/mol. The van der Waals surface area contributed by atoms with Crippen LogP contribution in [0.15, 0.2) is 6.20 Å². The molecule has 0 spiro atoms. The maximum absolute atomic E-state index is 5.92. The Balaban J connectivity index is 2.19. The first-order valence-corrected chi connectivity index (χ1v) is 6.14. The van der Waals surface area contributed by atoms with Gasteiger partial charge in [0.1, 0.15) is 0 Å². The van der Waals surface area contributed by atoms with E-state index in [9.17, 15) is 0 Å². The van der Waals surface area contributed by atoms with Crippen molar-refractivity contribution in [3.63, 3.8) is 0 Å². The van der Waals surface area contributed by atoms with Gasteiger partial charge in [0.05, 0.1) is 5.69 Å². The third kappa shape index (κ3) is 2.21. The average Bonchev–Trinajstić information content (AvgIpc) is 2.61. The summed E-state index contributed by atoms with van der Waals surface area (Å²) in [4.78, 5) is 6.99. The first-order chi connectivity index (χ1) is 7.58. The fraction of sp³-hybridized carbons (Fsp3) is 0.750. The molecule has 2 heterocycles. The highest BCUT2D eigenvalue weighted by atomic mass is 15.3. The van der Waals surface area contributed by atoms with Gasteiger partial charge in [0, 0.05) is 31.4 Å². The van der Waals surface area contributed by atoms with Crippen molar-refractivity contribution < 1.29 is 0 Å². The first-order valence-electron chi connectivity index (χ1n) is 6.14. The molecule has 0 atom stereocenters. The van der Waals surface area contributed by atoms with E-state index in [4.69, 9.17) is 5.73 Å². The van der Waals surface area contributed by atoms with Crippen LogP contribution in [0, 0.1) is 6.92 Å². The number of aryl methyl sites for hydroxylation is 1. The summed E-state index contributed by atoms with van der Waals surface area (Å²) in [5, 5.41) is 0. The number of hydrogen-bond acceptors (Lipinski definition) is 3. The molecule has 0 unspecified atom stereocenters. The summed E-state index contributed by atoms with van der Waals surface area (Å²) in [6.45, 7) is 8.51. The summed E-state index contributed by atoms with van der Waals surface area (Å²) < 4.78 is 2.26. The molecule has 4 nitrogen and oxygen atoms in total. The first kappa shape index (κ1) is 11.5. The molecule has 1 saturated heterocycles. The second kappa shape index (κ2) is 4.45. The number of imidazole rings is 1. The van der Waals surface area contributed by atoms with Gasteiger partial charge < -0.3 is 15.2 Å². The smallest absolute Gasteiger partial charge is 0.205 e. The molecule has 0 bridgehead atoms. The van der Waals surface area contributed by atoms with Crippen LogP contribution >= 0.6 is 0 Å². The van der Waals surface area contributed by atoms with Crippen molar-refractivity contribution >= 4 is 5.95 Å². The fourth-order valence-corrected chi connectivity index (χ4v) is 2.22. The van der Waals surface area contributed by atoms with Crippen LogP contribution < -0.4 is 10.6 Å². The molecular formula is C12H22N4. The Hall–Kier alpha value is -1.03. The van der Waals surface area contributed by atoms with Crippen molar-refractivity contribution in [3.05, 3.63) is 11.9 Å². The molecule has 0 radical (unpaired) electrons. The van der Waals surface area contributed by atoms with E-state index >= 15 is 0 Å². The molecule has 0 amide bonds. The van der Waals surface area contributed by atoms with E-state index in [0.717, 1.165) is 37.6 Å². The number of hydrogen-bond donors (Lipinski definition) is 1. The van der Waals surface area contributed by atoms with E-state index in [1.807, 2.05) is 0 Å². The molecule has 0 aromatic carbocycles. The van der Waals surface area contributed by atoms with Gasteiger partial charge in [0.25, 0.3) is 0 Å². The summed E-state index contributed by atoms with van der Waals surface area (Å²) in [6.07, 6.45) is 4.28. The van der Waals surface area contributed by atoms with Gasteiger partial charge in [0.2, 0.25) is 5.95 Å². The lowest BCUT2D eigenvalue weighted by atomic mass is 10.1. The SMILES string of the molecule is Cc1cn(C(C)C)c(N2CCC(N)CC2)n1. The molecule has 1 fully saturated rings. The molecule has 1 aromatic rings. The van der Waals surface area contributed by atoms with Gasteiger partial charge in [-0.15, -0.1) is 0 Å². The van der Waals surface area contributed by atoms with Crippen LogP contribution in [0.5, 0.6) is 0 Å². The monoisotopic (exact) mass is 222 g/mol. The van der Waals surface area contributed by atoms with E-state index in [-0.39, 0.29) is 0 Å². The van der Waals surface area contributed by atoms with Gasteiger partial charge in [0.15, 0.2) is 0 Å². The summed E-state index contributed by atoms with van der Waals surface area (Å²) in [7, 11) is 0. The maximum Gasteiger partial charge on any atom is 0.205 e. The van der Waals surface area contributed by atoms with E-state index in [0.29, 0.717) is 12.1 Å². The number of nitrogens with two attached hydrogens (primary N) is 1. The lowest BCUT2D eigenvalue weighted by Gasteiger charge is -2.31. The lowest BCUT2D eigenvalue weighted by Crippen LogP contribution is -2.41. The third-order valence-corrected chi connectivity index (χ3v) is 3.21. The van der Waals surface area contributed by atoms with Gasteiger partial charge in [-0.25, -0.2) is 4.98 Å². The van der Waals surface area contributed by atoms with Crippen LogP contribution in [0.3, 0.4) is 0 Å². The fourth-order valence-electron chi connectivity index (χ4n) is 2.22. The van der Waals surface area contributed by atoms with Gasteiger partial charge in [-0.3, -0.25) is 0 Å². The van der Waals surface area contributed by atoms with Crippen LogP contribution in [-0.4, -0.2) is 28.7 Å². The Kier molecular flexibility index (Phi) is 3.19. The van der Waals surface area contributed by atoms with Gasteiger partial charge in [-0.2, -0.15) is 0 Å². The molecular weight excluding hydrogens is 200 g/mol. The molecule has 90 valence electrons. The number of anilines is 1. The quantitative estimate of drug-likeness (QED) is 0.828. The standard InChI is InChI=1S/C12H22N4/c1-9(2)16-8-10(3)14-12(16)15-6-4-11(13)5-7-15/h8-9,11H,4-7,13H2,1-3H3. The summed E-state index contributed by atoms with van der Waals surface area (Å²) in [5.74, 6) is 1.11. The van der Waals surface area contributed by atoms with Crippen molar-refractivity contribution in [2.75, 3.05) is 18.0 Å². The number of nitrogens with zero attached hydrogens (tertiary/aromatic N) is 3. The Morgan fingerprint density at radius 1 is 1.38 bits per heavy atom. The van der Waals surface area contributed by atoms with Crippen molar-refractivity contribution in [1.29, 1.82) is 0 Å². The molecule has 2 rings (SSSR count). The minimum Gasteiger partial charge on any atom is -0.342 e. The molecule has 1 aliphatic heterocycles. The minimum atomic E-state index is 0.375. The van der Waals surface area contributed by atoms with Crippen LogP contribution in [0.1, 0.15) is 38.4 Å². The van der Waals surface area contributed by atoms with E-state index in [1.54, 1.807) is 0 Å². The van der Waals surface area contributed by atoms with Crippen molar-refractivity contribution in [2.45, 2.75) is 45.7 Å². The normalized spacial score (nSPS) is 18.4. The van der Waals surface area contributed by atoms with E-state index < -0.39 is 0 Å². The Labute approximate surface area is 97.4 Å². The highest BCUT2D eigenvalue weighted by Crippen LogP contribution is 2.22. The molecule has 4 heteroatoms. The zero-order valence-electron chi connectivity index (χ0n) is 10.5. The lowest BCUT2D eigenvalue weighted by molar-refractivity contribution is 0.482. The molecule has 2 N–H and O–H groups in total. The third-order valence-electron chi connectivity index (χ3n) is 3.21. The highest BCUT2D eigenvalue weighted by Gasteiger charge is 2.21. The summed E-state index contributed by atoms with van der Waals surface area (Å²) in [6, 6.07) is 0.839.